The highest BCUT2D eigenvalue weighted by Crippen LogP contribution is 2.29. The lowest BCUT2D eigenvalue weighted by molar-refractivity contribution is -0.147. The van der Waals surface area contributed by atoms with Gasteiger partial charge in [-0.3, -0.25) is 9.59 Å². The second-order valence-corrected chi connectivity index (χ2v) is 7.72. The van der Waals surface area contributed by atoms with Gasteiger partial charge >= 0.3 is 5.97 Å². The molecule has 1 N–H and O–H groups in total. The van der Waals surface area contributed by atoms with E-state index in [1.807, 2.05) is 12.1 Å². The Morgan fingerprint density at radius 2 is 1.66 bits per heavy atom. The lowest BCUT2D eigenvalue weighted by atomic mass is 9.86. The van der Waals surface area contributed by atoms with Gasteiger partial charge in [0.25, 0.3) is 5.91 Å². The molecule has 0 unspecified atom stereocenters. The summed E-state index contributed by atoms with van der Waals surface area (Å²) in [4.78, 5) is 24.0. The van der Waals surface area contributed by atoms with E-state index < -0.39 is 11.9 Å². The second-order valence-electron chi connectivity index (χ2n) is 7.72. The average Bonchev–Trinajstić information content (AvgIpc) is 2.70. The summed E-state index contributed by atoms with van der Waals surface area (Å²) in [5.41, 5.74) is 2.88. The third-order valence-electron chi connectivity index (χ3n) is 4.48. The van der Waals surface area contributed by atoms with Gasteiger partial charge in [0.2, 0.25) is 0 Å². The van der Waals surface area contributed by atoms with E-state index in [9.17, 15) is 9.59 Å². The lowest BCUT2D eigenvalue weighted by Crippen LogP contribution is -2.21. The molecular weight excluding hydrogens is 370 g/mol. The zero-order chi connectivity index (χ0) is 21.4. The topological polar surface area (TPSA) is 73.9 Å². The number of esters is 1. The molecule has 0 fully saturated rings. The summed E-state index contributed by atoms with van der Waals surface area (Å²) in [6.07, 6.45) is 0.783. The smallest absolute Gasteiger partial charge is 0.306 e. The number of methoxy groups -OCH3 is 2. The summed E-state index contributed by atoms with van der Waals surface area (Å²) in [6, 6.07) is 13.2. The molecule has 0 aliphatic heterocycles. The number of benzene rings is 2. The molecule has 0 aliphatic carbocycles. The van der Waals surface area contributed by atoms with Crippen LogP contribution in [0.2, 0.25) is 0 Å². The van der Waals surface area contributed by atoms with Gasteiger partial charge in [-0.25, -0.2) is 0 Å². The SMILES string of the molecule is COc1ccc(NC(=O)COC(=O)CCc2ccc(C(C)(C)C)cc2)c(OC)c1. The summed E-state index contributed by atoms with van der Waals surface area (Å²) in [7, 11) is 3.05. The van der Waals surface area contributed by atoms with Crippen LogP contribution in [0.25, 0.3) is 0 Å². The molecule has 6 heteroatoms. The number of carbonyl (C=O) groups excluding carboxylic acids is 2. The molecule has 29 heavy (non-hydrogen) atoms. The van der Waals surface area contributed by atoms with Crippen LogP contribution in [0.15, 0.2) is 42.5 Å². The van der Waals surface area contributed by atoms with Gasteiger partial charge < -0.3 is 19.5 Å². The first-order chi connectivity index (χ1) is 13.7. The monoisotopic (exact) mass is 399 g/mol. The van der Waals surface area contributed by atoms with Crippen LogP contribution >= 0.6 is 0 Å². The Hall–Kier alpha value is -3.02. The first-order valence-corrected chi connectivity index (χ1v) is 9.50. The fourth-order valence-corrected chi connectivity index (χ4v) is 2.72. The van der Waals surface area contributed by atoms with E-state index in [0.29, 0.717) is 23.6 Å². The third-order valence-corrected chi connectivity index (χ3v) is 4.48. The van der Waals surface area contributed by atoms with E-state index in [-0.39, 0.29) is 18.4 Å². The Kier molecular flexibility index (Phi) is 7.65. The normalized spacial score (nSPS) is 10.9. The van der Waals surface area contributed by atoms with Crippen molar-refractivity contribution in [3.8, 4) is 11.5 Å². The van der Waals surface area contributed by atoms with Crippen LogP contribution in [-0.2, 0) is 26.2 Å². The molecule has 6 nitrogen and oxygen atoms in total. The second kappa shape index (κ2) is 9.96. The Morgan fingerprint density at radius 1 is 0.966 bits per heavy atom. The van der Waals surface area contributed by atoms with Crippen molar-refractivity contribution in [3.63, 3.8) is 0 Å². The molecule has 0 heterocycles. The maximum absolute atomic E-state index is 12.1. The molecule has 2 aromatic carbocycles. The minimum absolute atomic E-state index is 0.0946. The number of carbonyl (C=O) groups is 2. The molecule has 0 aliphatic rings. The van der Waals surface area contributed by atoms with Crippen LogP contribution in [0.1, 0.15) is 38.3 Å². The quantitative estimate of drug-likeness (QED) is 0.676. The van der Waals surface area contributed by atoms with Crippen LogP contribution in [0, 0.1) is 0 Å². The van der Waals surface area contributed by atoms with Crippen LogP contribution in [0.5, 0.6) is 11.5 Å². The van der Waals surface area contributed by atoms with Crippen molar-refractivity contribution in [1.29, 1.82) is 0 Å². The Morgan fingerprint density at radius 3 is 2.24 bits per heavy atom. The number of hydrogen-bond acceptors (Lipinski definition) is 5. The number of aryl methyl sites for hydroxylation is 1. The standard InChI is InChI=1S/C23H29NO5/c1-23(2,3)17-9-6-16(7-10-17)8-13-22(26)29-15-21(25)24-19-12-11-18(27-4)14-20(19)28-5/h6-7,9-12,14H,8,13,15H2,1-5H3,(H,24,25). The molecule has 0 spiro atoms. The summed E-state index contributed by atoms with van der Waals surface area (Å²) in [6.45, 7) is 6.13. The van der Waals surface area contributed by atoms with Crippen LogP contribution < -0.4 is 14.8 Å². The van der Waals surface area contributed by atoms with E-state index in [1.165, 1.54) is 12.7 Å². The average molecular weight is 399 g/mol. The van der Waals surface area contributed by atoms with Crippen molar-refractivity contribution in [3.05, 3.63) is 53.6 Å². The molecule has 2 aromatic rings. The molecule has 0 aromatic heterocycles. The number of nitrogens with one attached hydrogen (secondary N) is 1. The van der Waals surface area contributed by atoms with Crippen LogP contribution in [-0.4, -0.2) is 32.7 Å². The summed E-state index contributed by atoms with van der Waals surface area (Å²) in [5, 5.41) is 2.67. The van der Waals surface area contributed by atoms with Gasteiger partial charge in [0.15, 0.2) is 6.61 Å². The predicted octanol–water partition coefficient (Wildman–Crippen LogP) is 4.12. The van der Waals surface area contributed by atoms with Crippen molar-refractivity contribution in [2.24, 2.45) is 0 Å². The minimum Gasteiger partial charge on any atom is -0.497 e. The molecular formula is C23H29NO5. The Bertz CT molecular complexity index is 837. The highest BCUT2D eigenvalue weighted by molar-refractivity contribution is 5.94. The van der Waals surface area contributed by atoms with Crippen molar-refractivity contribution in [2.45, 2.75) is 39.0 Å². The predicted molar refractivity (Wildman–Crippen MR) is 113 cm³/mol. The molecule has 0 saturated heterocycles. The maximum atomic E-state index is 12.1. The Labute approximate surface area is 172 Å². The van der Waals surface area contributed by atoms with E-state index in [1.54, 1.807) is 25.3 Å². The van der Waals surface area contributed by atoms with Gasteiger partial charge in [0.1, 0.15) is 11.5 Å². The van der Waals surface area contributed by atoms with Gasteiger partial charge in [-0.15, -0.1) is 0 Å². The fourth-order valence-electron chi connectivity index (χ4n) is 2.72. The van der Waals surface area contributed by atoms with E-state index in [4.69, 9.17) is 14.2 Å². The summed E-state index contributed by atoms with van der Waals surface area (Å²) in [5.74, 6) is 0.225. The largest absolute Gasteiger partial charge is 0.497 e. The zero-order valence-electron chi connectivity index (χ0n) is 17.7. The van der Waals surface area contributed by atoms with Crippen molar-refractivity contribution in [1.82, 2.24) is 0 Å². The van der Waals surface area contributed by atoms with Crippen molar-refractivity contribution < 1.29 is 23.8 Å². The molecule has 0 radical (unpaired) electrons. The minimum atomic E-state index is -0.434. The molecule has 0 bridgehead atoms. The third kappa shape index (κ3) is 6.82. The molecule has 0 saturated carbocycles. The number of rotatable bonds is 8. The molecule has 0 atom stereocenters. The van der Waals surface area contributed by atoms with Gasteiger partial charge in [-0.05, 0) is 35.1 Å². The van der Waals surface area contributed by atoms with Crippen LogP contribution in [0.3, 0.4) is 0 Å². The number of hydrogen-bond donors (Lipinski definition) is 1. The number of ether oxygens (including phenoxy) is 3. The van der Waals surface area contributed by atoms with E-state index >= 15 is 0 Å². The zero-order valence-corrected chi connectivity index (χ0v) is 17.7. The first-order valence-electron chi connectivity index (χ1n) is 9.50. The maximum Gasteiger partial charge on any atom is 0.306 e. The lowest BCUT2D eigenvalue weighted by Gasteiger charge is -2.19. The molecule has 156 valence electrons. The molecule has 1 amide bonds. The fraction of sp³-hybridized carbons (Fsp3) is 0.391. The van der Waals surface area contributed by atoms with Gasteiger partial charge in [-0.2, -0.15) is 0 Å². The number of anilines is 1. The van der Waals surface area contributed by atoms with Gasteiger partial charge in [-0.1, -0.05) is 45.0 Å². The number of amides is 1. The first kappa shape index (κ1) is 22.3. The van der Waals surface area contributed by atoms with E-state index in [2.05, 4.69) is 38.2 Å². The molecule has 2 rings (SSSR count). The van der Waals surface area contributed by atoms with Gasteiger partial charge in [0, 0.05) is 12.5 Å². The van der Waals surface area contributed by atoms with Crippen molar-refractivity contribution in [2.75, 3.05) is 26.1 Å². The highest BCUT2D eigenvalue weighted by atomic mass is 16.5. The van der Waals surface area contributed by atoms with Gasteiger partial charge in [0.05, 0.1) is 19.9 Å². The summed E-state index contributed by atoms with van der Waals surface area (Å²) >= 11 is 0. The highest BCUT2D eigenvalue weighted by Gasteiger charge is 2.14. The van der Waals surface area contributed by atoms with Crippen LogP contribution in [0.4, 0.5) is 5.69 Å². The summed E-state index contributed by atoms with van der Waals surface area (Å²) < 4.78 is 15.4. The van der Waals surface area contributed by atoms with E-state index in [0.717, 1.165) is 5.56 Å². The Balaban J connectivity index is 1.79. The van der Waals surface area contributed by atoms with Crippen molar-refractivity contribution >= 4 is 17.6 Å².